The molecule has 0 radical (unpaired) electrons. The van der Waals surface area contributed by atoms with Crippen molar-refractivity contribution in [3.05, 3.63) is 114 Å². The first-order chi connectivity index (χ1) is 15.5. The summed E-state index contributed by atoms with van der Waals surface area (Å²) in [7, 11) is -0.896. The second-order valence-corrected chi connectivity index (χ2v) is 10.1. The monoisotopic (exact) mass is 442 g/mol. The summed E-state index contributed by atoms with van der Waals surface area (Å²) in [4.78, 5) is 13.5. The molecule has 3 aromatic carbocycles. The SMILES string of the molecule is C=C(C)C[C@H](OC(=O)c1ccccc1P(c1ccccc1)c1ccccc1)/C(C)=C/CC. The van der Waals surface area contributed by atoms with Gasteiger partial charge in [-0.15, -0.1) is 0 Å². The van der Waals surface area contributed by atoms with E-state index in [0.717, 1.165) is 22.9 Å². The Labute approximate surface area is 193 Å². The van der Waals surface area contributed by atoms with Crippen LogP contribution in [0.4, 0.5) is 0 Å². The normalized spacial score (nSPS) is 12.4. The molecule has 0 heterocycles. The average Bonchev–Trinajstić information content (AvgIpc) is 2.80. The van der Waals surface area contributed by atoms with Crippen LogP contribution in [0.3, 0.4) is 0 Å². The molecule has 0 aliphatic rings. The van der Waals surface area contributed by atoms with Gasteiger partial charge in [-0.25, -0.2) is 4.79 Å². The van der Waals surface area contributed by atoms with Crippen LogP contribution in [0.2, 0.25) is 0 Å². The van der Waals surface area contributed by atoms with Crippen LogP contribution in [0.1, 0.15) is 44.0 Å². The topological polar surface area (TPSA) is 26.3 Å². The van der Waals surface area contributed by atoms with E-state index in [1.165, 1.54) is 10.6 Å². The molecular weight excluding hydrogens is 411 g/mol. The first kappa shape index (κ1) is 23.7. The van der Waals surface area contributed by atoms with Crippen LogP contribution in [0.25, 0.3) is 0 Å². The summed E-state index contributed by atoms with van der Waals surface area (Å²) in [6.45, 7) is 10.1. The Kier molecular flexibility index (Phi) is 8.59. The fourth-order valence-electron chi connectivity index (χ4n) is 3.68. The van der Waals surface area contributed by atoms with Crippen LogP contribution in [0.15, 0.2) is 109 Å². The Balaban J connectivity index is 2.03. The fourth-order valence-corrected chi connectivity index (χ4v) is 6.12. The zero-order chi connectivity index (χ0) is 22.9. The van der Waals surface area contributed by atoms with Gasteiger partial charge < -0.3 is 4.74 Å². The second-order valence-electron chi connectivity index (χ2n) is 7.94. The summed E-state index contributed by atoms with van der Waals surface area (Å²) in [5, 5.41) is 3.42. The van der Waals surface area contributed by atoms with E-state index in [1.807, 2.05) is 44.2 Å². The molecular formula is C29H31O2P. The highest BCUT2D eigenvalue weighted by Crippen LogP contribution is 2.34. The van der Waals surface area contributed by atoms with Crippen molar-refractivity contribution >= 4 is 29.8 Å². The zero-order valence-corrected chi connectivity index (χ0v) is 20.0. The van der Waals surface area contributed by atoms with Crippen molar-refractivity contribution in [2.75, 3.05) is 0 Å². The van der Waals surface area contributed by atoms with E-state index in [0.29, 0.717) is 12.0 Å². The number of benzene rings is 3. The quantitative estimate of drug-likeness (QED) is 0.221. The minimum Gasteiger partial charge on any atom is -0.454 e. The van der Waals surface area contributed by atoms with Gasteiger partial charge in [-0.3, -0.25) is 0 Å². The van der Waals surface area contributed by atoms with Crippen molar-refractivity contribution in [2.45, 2.75) is 39.7 Å². The van der Waals surface area contributed by atoms with E-state index in [1.54, 1.807) is 0 Å². The third-order valence-corrected chi connectivity index (χ3v) is 7.71. The number of allylic oxidation sites excluding steroid dienone is 1. The van der Waals surface area contributed by atoms with E-state index in [2.05, 4.69) is 74.2 Å². The molecule has 2 nitrogen and oxygen atoms in total. The molecule has 0 aliphatic carbocycles. The lowest BCUT2D eigenvalue weighted by atomic mass is 10.0. The Bertz CT molecular complexity index is 1030. The van der Waals surface area contributed by atoms with E-state index in [4.69, 9.17) is 4.74 Å². The summed E-state index contributed by atoms with van der Waals surface area (Å²) < 4.78 is 6.07. The Hall–Kier alpha value is -2.96. The maximum atomic E-state index is 13.5. The van der Waals surface area contributed by atoms with Crippen LogP contribution < -0.4 is 15.9 Å². The Morgan fingerprint density at radius 3 is 1.97 bits per heavy atom. The van der Waals surface area contributed by atoms with Gasteiger partial charge in [0.1, 0.15) is 6.10 Å². The van der Waals surface area contributed by atoms with E-state index < -0.39 is 7.92 Å². The zero-order valence-electron chi connectivity index (χ0n) is 19.1. The van der Waals surface area contributed by atoms with Crippen molar-refractivity contribution in [1.82, 2.24) is 0 Å². The van der Waals surface area contributed by atoms with E-state index in [9.17, 15) is 4.79 Å². The molecule has 164 valence electrons. The third kappa shape index (κ3) is 6.05. The lowest BCUT2D eigenvalue weighted by Crippen LogP contribution is -2.28. The molecule has 0 bridgehead atoms. The standard InChI is InChI=1S/C29H31O2P/c1-5-14-23(4)27(21-22(2)3)31-29(30)26-19-12-13-20-28(26)32(24-15-8-6-9-16-24)25-17-10-7-11-18-25/h6-20,27H,2,5,21H2,1,3-4H3/b23-14+/t27-/m0/s1. The van der Waals surface area contributed by atoms with Crippen molar-refractivity contribution in [3.63, 3.8) is 0 Å². The van der Waals surface area contributed by atoms with Gasteiger partial charge in [0.05, 0.1) is 5.56 Å². The number of rotatable bonds is 9. The first-order valence-corrected chi connectivity index (χ1v) is 12.4. The average molecular weight is 443 g/mol. The third-order valence-electron chi connectivity index (χ3n) is 5.21. The van der Waals surface area contributed by atoms with Gasteiger partial charge in [0.2, 0.25) is 0 Å². The van der Waals surface area contributed by atoms with Crippen molar-refractivity contribution in [2.24, 2.45) is 0 Å². The molecule has 0 unspecified atom stereocenters. The van der Waals surface area contributed by atoms with E-state index >= 15 is 0 Å². The Morgan fingerprint density at radius 1 is 0.906 bits per heavy atom. The molecule has 0 saturated heterocycles. The van der Waals surface area contributed by atoms with Crippen molar-refractivity contribution in [1.29, 1.82) is 0 Å². The summed E-state index contributed by atoms with van der Waals surface area (Å²) in [6, 6.07) is 28.7. The molecule has 0 N–H and O–H groups in total. The number of carbonyl (C=O) groups is 1. The molecule has 1 atom stereocenters. The number of ether oxygens (including phenoxy) is 1. The van der Waals surface area contributed by atoms with Gasteiger partial charge >= 0.3 is 5.97 Å². The minimum atomic E-state index is -0.896. The predicted molar refractivity (Wildman–Crippen MR) is 138 cm³/mol. The second kappa shape index (κ2) is 11.6. The molecule has 3 aromatic rings. The molecule has 0 fully saturated rings. The van der Waals surface area contributed by atoms with Crippen LogP contribution >= 0.6 is 7.92 Å². The fraction of sp³-hybridized carbons (Fsp3) is 0.207. The number of hydrogen-bond donors (Lipinski definition) is 0. The summed E-state index contributed by atoms with van der Waals surface area (Å²) in [5.41, 5.74) is 2.69. The maximum Gasteiger partial charge on any atom is 0.339 e. The molecule has 32 heavy (non-hydrogen) atoms. The van der Waals surface area contributed by atoms with Gasteiger partial charge in [0.15, 0.2) is 0 Å². The number of carbonyl (C=O) groups excluding carboxylic acids is 1. The molecule has 0 amide bonds. The molecule has 3 heteroatoms. The molecule has 0 aliphatic heterocycles. The smallest absolute Gasteiger partial charge is 0.339 e. The van der Waals surface area contributed by atoms with Crippen molar-refractivity contribution in [3.8, 4) is 0 Å². The number of esters is 1. The molecule has 0 spiro atoms. The van der Waals surface area contributed by atoms with Gasteiger partial charge in [-0.2, -0.15) is 0 Å². The summed E-state index contributed by atoms with van der Waals surface area (Å²) in [5.74, 6) is -0.282. The first-order valence-electron chi connectivity index (χ1n) is 11.0. The highest BCUT2D eigenvalue weighted by atomic mass is 31.1. The van der Waals surface area contributed by atoms with Crippen LogP contribution in [-0.4, -0.2) is 12.1 Å². The van der Waals surface area contributed by atoms with Crippen molar-refractivity contribution < 1.29 is 9.53 Å². The minimum absolute atomic E-state index is 0.282. The van der Waals surface area contributed by atoms with Crippen LogP contribution in [0, 0.1) is 0 Å². The summed E-state index contributed by atoms with van der Waals surface area (Å²) in [6.07, 6.45) is 3.35. The van der Waals surface area contributed by atoms with Gasteiger partial charge in [0, 0.05) is 6.42 Å². The highest BCUT2D eigenvalue weighted by molar-refractivity contribution is 7.80. The van der Waals surface area contributed by atoms with Crippen LogP contribution in [0.5, 0.6) is 0 Å². The largest absolute Gasteiger partial charge is 0.454 e. The van der Waals surface area contributed by atoms with Gasteiger partial charge in [-0.05, 0) is 55.7 Å². The van der Waals surface area contributed by atoms with Crippen LogP contribution in [-0.2, 0) is 4.74 Å². The molecule has 0 aromatic heterocycles. The maximum absolute atomic E-state index is 13.5. The molecule has 0 saturated carbocycles. The number of hydrogen-bond acceptors (Lipinski definition) is 2. The lowest BCUT2D eigenvalue weighted by Gasteiger charge is -2.24. The molecule has 3 rings (SSSR count). The van der Waals surface area contributed by atoms with Gasteiger partial charge in [0.25, 0.3) is 0 Å². The lowest BCUT2D eigenvalue weighted by molar-refractivity contribution is 0.0376. The Morgan fingerprint density at radius 2 is 1.44 bits per heavy atom. The summed E-state index contributed by atoms with van der Waals surface area (Å²) >= 11 is 0. The van der Waals surface area contributed by atoms with Gasteiger partial charge in [-0.1, -0.05) is 104 Å². The highest BCUT2D eigenvalue weighted by Gasteiger charge is 2.25. The predicted octanol–water partition coefficient (Wildman–Crippen LogP) is 6.29. The van der Waals surface area contributed by atoms with E-state index in [-0.39, 0.29) is 12.1 Å².